The summed E-state index contributed by atoms with van der Waals surface area (Å²) in [6.07, 6.45) is 1.07. The second-order valence-electron chi connectivity index (χ2n) is 5.40. The van der Waals surface area contributed by atoms with Gasteiger partial charge in [-0.15, -0.1) is 0 Å². The van der Waals surface area contributed by atoms with Crippen LogP contribution in [0.2, 0.25) is 5.15 Å². The van der Waals surface area contributed by atoms with E-state index in [1.807, 2.05) is 0 Å². The summed E-state index contributed by atoms with van der Waals surface area (Å²) in [6.45, 7) is 5.85. The summed E-state index contributed by atoms with van der Waals surface area (Å²) in [4.78, 5) is 26.9. The van der Waals surface area contributed by atoms with E-state index in [9.17, 15) is 9.59 Å². The molecule has 0 fully saturated rings. The first-order chi connectivity index (χ1) is 10.3. The van der Waals surface area contributed by atoms with E-state index in [1.54, 1.807) is 32.9 Å². The number of nitrogens with zero attached hydrogens (tertiary/aromatic N) is 1. The summed E-state index contributed by atoms with van der Waals surface area (Å²) >= 11 is 7.14. The lowest BCUT2D eigenvalue weighted by Gasteiger charge is -2.19. The number of rotatable bonds is 6. The zero-order valence-electron chi connectivity index (χ0n) is 12.8. The molecule has 0 saturated heterocycles. The molecule has 0 aliphatic heterocycles. The largest absolute Gasteiger partial charge is 0.444 e. The molecule has 2 N–H and O–H groups in total. The summed E-state index contributed by atoms with van der Waals surface area (Å²) in [6, 6.07) is 3.24. The van der Waals surface area contributed by atoms with Gasteiger partial charge in [0.05, 0.1) is 5.75 Å². The van der Waals surface area contributed by atoms with Crippen LogP contribution in [0.5, 0.6) is 0 Å². The second kappa shape index (κ2) is 8.85. The highest BCUT2D eigenvalue weighted by atomic mass is 35.5. The van der Waals surface area contributed by atoms with Crippen molar-refractivity contribution in [2.45, 2.75) is 26.4 Å². The minimum Gasteiger partial charge on any atom is -0.444 e. The van der Waals surface area contributed by atoms with Crippen molar-refractivity contribution in [1.82, 2.24) is 10.3 Å². The maximum Gasteiger partial charge on any atom is 0.407 e. The standard InChI is InChI=1S/C14H20ClN3O3S/c1-14(2,3)21-13(20)17-6-7-22-9-12(19)18-10-4-5-16-11(15)8-10/h4-5,8H,6-7,9H2,1-3H3,(H,17,20)(H,16,18,19). The predicted molar refractivity (Wildman–Crippen MR) is 89.4 cm³/mol. The molecule has 6 nitrogen and oxygen atoms in total. The Morgan fingerprint density at radius 3 is 2.77 bits per heavy atom. The smallest absolute Gasteiger partial charge is 0.407 e. The number of carbonyl (C=O) groups excluding carboxylic acids is 2. The van der Waals surface area contributed by atoms with Crippen LogP contribution in [0.1, 0.15) is 20.8 Å². The number of hydrogen-bond donors (Lipinski definition) is 2. The molecule has 0 spiro atoms. The van der Waals surface area contributed by atoms with E-state index in [0.717, 1.165) is 0 Å². The predicted octanol–water partition coefficient (Wildman–Crippen LogP) is 2.93. The first kappa shape index (κ1) is 18.6. The van der Waals surface area contributed by atoms with Gasteiger partial charge in [0, 0.05) is 24.2 Å². The van der Waals surface area contributed by atoms with Gasteiger partial charge in [0.2, 0.25) is 5.91 Å². The van der Waals surface area contributed by atoms with Gasteiger partial charge in [0.1, 0.15) is 10.8 Å². The maximum absolute atomic E-state index is 11.7. The van der Waals surface area contributed by atoms with Gasteiger partial charge in [-0.3, -0.25) is 4.79 Å². The van der Waals surface area contributed by atoms with Crippen molar-refractivity contribution in [3.63, 3.8) is 0 Å². The number of nitrogens with one attached hydrogen (secondary N) is 2. The summed E-state index contributed by atoms with van der Waals surface area (Å²) in [7, 11) is 0. The number of amides is 2. The van der Waals surface area contributed by atoms with E-state index < -0.39 is 11.7 Å². The van der Waals surface area contributed by atoms with E-state index in [-0.39, 0.29) is 11.7 Å². The lowest BCUT2D eigenvalue weighted by atomic mass is 10.2. The average molecular weight is 346 g/mol. The zero-order chi connectivity index (χ0) is 16.6. The first-order valence-electron chi connectivity index (χ1n) is 6.72. The third kappa shape index (κ3) is 8.74. The molecule has 0 aliphatic rings. The molecule has 22 heavy (non-hydrogen) atoms. The van der Waals surface area contributed by atoms with Crippen molar-refractivity contribution in [2.24, 2.45) is 0 Å². The van der Waals surface area contributed by atoms with Crippen molar-refractivity contribution in [1.29, 1.82) is 0 Å². The van der Waals surface area contributed by atoms with Crippen molar-refractivity contribution < 1.29 is 14.3 Å². The third-order valence-corrected chi connectivity index (χ3v) is 3.32. The molecule has 1 heterocycles. The van der Waals surface area contributed by atoms with Crippen molar-refractivity contribution in [3.8, 4) is 0 Å². The molecule has 0 unspecified atom stereocenters. The van der Waals surface area contributed by atoms with Crippen LogP contribution in [0.25, 0.3) is 0 Å². The van der Waals surface area contributed by atoms with Crippen LogP contribution in [0.3, 0.4) is 0 Å². The van der Waals surface area contributed by atoms with Gasteiger partial charge in [-0.1, -0.05) is 11.6 Å². The normalized spacial score (nSPS) is 10.9. The topological polar surface area (TPSA) is 80.3 Å². The fourth-order valence-corrected chi connectivity index (χ4v) is 2.20. The summed E-state index contributed by atoms with van der Waals surface area (Å²) < 4.78 is 5.10. The minimum absolute atomic E-state index is 0.135. The van der Waals surface area contributed by atoms with E-state index in [4.69, 9.17) is 16.3 Å². The SMILES string of the molecule is CC(C)(C)OC(=O)NCCSCC(=O)Nc1ccnc(Cl)c1. The van der Waals surface area contributed by atoms with E-state index in [1.165, 1.54) is 18.0 Å². The van der Waals surface area contributed by atoms with Crippen LogP contribution in [-0.4, -0.2) is 40.6 Å². The fourth-order valence-electron chi connectivity index (χ4n) is 1.38. The lowest BCUT2D eigenvalue weighted by molar-refractivity contribution is -0.113. The lowest BCUT2D eigenvalue weighted by Crippen LogP contribution is -2.33. The molecule has 0 aromatic carbocycles. The molecule has 0 bridgehead atoms. The first-order valence-corrected chi connectivity index (χ1v) is 8.25. The van der Waals surface area contributed by atoms with Crippen LogP contribution >= 0.6 is 23.4 Å². The number of halogens is 1. The highest BCUT2D eigenvalue weighted by molar-refractivity contribution is 7.99. The van der Waals surface area contributed by atoms with Gasteiger partial charge in [0.25, 0.3) is 0 Å². The van der Waals surface area contributed by atoms with Gasteiger partial charge < -0.3 is 15.4 Å². The van der Waals surface area contributed by atoms with Crippen LogP contribution in [0.4, 0.5) is 10.5 Å². The van der Waals surface area contributed by atoms with Crippen LogP contribution < -0.4 is 10.6 Å². The average Bonchev–Trinajstić information content (AvgIpc) is 2.36. The van der Waals surface area contributed by atoms with E-state index >= 15 is 0 Å². The van der Waals surface area contributed by atoms with Crippen molar-refractivity contribution in [2.75, 3.05) is 23.4 Å². The second-order valence-corrected chi connectivity index (χ2v) is 6.89. The van der Waals surface area contributed by atoms with Gasteiger partial charge in [-0.05, 0) is 32.9 Å². The molecule has 2 amide bonds. The van der Waals surface area contributed by atoms with Crippen LogP contribution in [0, 0.1) is 0 Å². The number of hydrogen-bond acceptors (Lipinski definition) is 5. The van der Waals surface area contributed by atoms with E-state index in [0.29, 0.717) is 23.1 Å². The summed E-state index contributed by atoms with van der Waals surface area (Å²) in [5.41, 5.74) is 0.0978. The monoisotopic (exact) mass is 345 g/mol. The Kier molecular flexibility index (Phi) is 7.47. The van der Waals surface area contributed by atoms with Gasteiger partial charge in [-0.2, -0.15) is 11.8 Å². The number of aromatic nitrogens is 1. The molecule has 0 atom stereocenters. The van der Waals surface area contributed by atoms with Crippen molar-refractivity contribution >= 4 is 41.1 Å². The van der Waals surface area contributed by atoms with Gasteiger partial charge >= 0.3 is 6.09 Å². The zero-order valence-corrected chi connectivity index (χ0v) is 14.4. The Labute approximate surface area is 139 Å². The highest BCUT2D eigenvalue weighted by Crippen LogP contribution is 2.12. The number of alkyl carbamates (subject to hydrolysis) is 1. The van der Waals surface area contributed by atoms with Crippen LogP contribution in [0.15, 0.2) is 18.3 Å². The number of carbonyl (C=O) groups is 2. The minimum atomic E-state index is -0.511. The summed E-state index contributed by atoms with van der Waals surface area (Å²) in [5.74, 6) is 0.768. The van der Waals surface area contributed by atoms with Crippen molar-refractivity contribution in [3.05, 3.63) is 23.5 Å². The molecular weight excluding hydrogens is 326 g/mol. The molecule has 122 valence electrons. The van der Waals surface area contributed by atoms with Crippen LogP contribution in [-0.2, 0) is 9.53 Å². The maximum atomic E-state index is 11.7. The Bertz CT molecular complexity index is 520. The van der Waals surface area contributed by atoms with Gasteiger partial charge in [0.15, 0.2) is 0 Å². The number of thioether (sulfide) groups is 1. The molecule has 0 radical (unpaired) electrons. The molecule has 0 aliphatic carbocycles. The Balaban J connectivity index is 2.14. The third-order valence-electron chi connectivity index (χ3n) is 2.16. The quantitative estimate of drug-likeness (QED) is 0.612. The fraction of sp³-hybridized carbons (Fsp3) is 0.500. The Morgan fingerprint density at radius 1 is 1.41 bits per heavy atom. The molecular formula is C14H20ClN3O3S. The molecule has 1 rings (SSSR count). The Morgan fingerprint density at radius 2 is 2.14 bits per heavy atom. The number of ether oxygens (including phenoxy) is 1. The molecule has 1 aromatic rings. The highest BCUT2D eigenvalue weighted by Gasteiger charge is 2.15. The molecule has 8 heteroatoms. The molecule has 0 saturated carbocycles. The number of pyridine rings is 1. The number of anilines is 1. The van der Waals surface area contributed by atoms with Gasteiger partial charge in [-0.25, -0.2) is 9.78 Å². The summed E-state index contributed by atoms with van der Waals surface area (Å²) in [5, 5.41) is 5.67. The Hall–Kier alpha value is -1.47. The van der Waals surface area contributed by atoms with E-state index in [2.05, 4.69) is 15.6 Å². The molecule has 1 aromatic heterocycles.